The highest BCUT2D eigenvalue weighted by molar-refractivity contribution is 5.82. The molecule has 1 N–H and O–H groups in total. The lowest BCUT2D eigenvalue weighted by Crippen LogP contribution is -2.37. The first-order chi connectivity index (χ1) is 10.9. The minimum Gasteiger partial charge on any atom is -0.508 e. The quantitative estimate of drug-likeness (QED) is 0.779. The van der Waals surface area contributed by atoms with Gasteiger partial charge in [-0.15, -0.1) is 0 Å². The second kappa shape index (κ2) is 5.31. The van der Waals surface area contributed by atoms with Crippen LogP contribution >= 0.6 is 0 Å². The van der Waals surface area contributed by atoms with Crippen molar-refractivity contribution < 1.29 is 5.11 Å². The van der Waals surface area contributed by atoms with Crippen LogP contribution in [0.2, 0.25) is 0 Å². The van der Waals surface area contributed by atoms with Gasteiger partial charge < -0.3 is 9.67 Å². The van der Waals surface area contributed by atoms with E-state index in [0.29, 0.717) is 11.0 Å². The van der Waals surface area contributed by atoms with Gasteiger partial charge in [0, 0.05) is 26.8 Å². The van der Waals surface area contributed by atoms with Crippen molar-refractivity contribution in [2.75, 3.05) is 0 Å². The fourth-order valence-electron chi connectivity index (χ4n) is 2.66. The normalized spacial score (nSPS) is 11.6. The Bertz CT molecular complexity index is 1050. The Morgan fingerprint density at radius 1 is 0.957 bits per heavy atom. The summed E-state index contributed by atoms with van der Waals surface area (Å²) in [6, 6.07) is 8.68. The molecule has 0 saturated heterocycles. The van der Waals surface area contributed by atoms with Gasteiger partial charge >= 0.3 is 5.69 Å². The molecule has 6 nitrogen and oxygen atoms in total. The first-order valence-electron chi connectivity index (χ1n) is 7.12. The molecule has 23 heavy (non-hydrogen) atoms. The van der Waals surface area contributed by atoms with E-state index in [-0.39, 0.29) is 17.0 Å². The van der Waals surface area contributed by atoms with Crippen molar-refractivity contribution in [2.24, 2.45) is 21.1 Å². The van der Waals surface area contributed by atoms with Gasteiger partial charge in [-0.25, -0.2) is 4.79 Å². The van der Waals surface area contributed by atoms with Crippen molar-refractivity contribution in [1.29, 1.82) is 0 Å². The predicted molar refractivity (Wildman–Crippen MR) is 90.4 cm³/mol. The lowest BCUT2D eigenvalue weighted by atomic mass is 10.2. The zero-order valence-corrected chi connectivity index (χ0v) is 13.1. The fraction of sp³-hybridized carbons (Fsp3) is 0.176. The van der Waals surface area contributed by atoms with E-state index in [1.54, 1.807) is 42.9 Å². The molecule has 0 aliphatic rings. The molecule has 0 aliphatic carbocycles. The maximum absolute atomic E-state index is 12.3. The minimum atomic E-state index is -0.350. The van der Waals surface area contributed by atoms with Crippen molar-refractivity contribution in [3.05, 3.63) is 62.4 Å². The van der Waals surface area contributed by atoms with Crippen LogP contribution in [-0.2, 0) is 21.1 Å². The zero-order valence-electron chi connectivity index (χ0n) is 13.1. The molecule has 0 spiro atoms. The molecule has 2 aromatic heterocycles. The summed E-state index contributed by atoms with van der Waals surface area (Å²) in [5.74, 6) is 0.195. The number of phenolic OH excluding ortho intramolecular Hbond substituents is 1. The molecule has 0 atom stereocenters. The number of hydrogen-bond donors (Lipinski definition) is 1. The van der Waals surface area contributed by atoms with Gasteiger partial charge in [0.05, 0.1) is 5.52 Å². The Morgan fingerprint density at radius 2 is 1.70 bits per heavy atom. The molecule has 1 aromatic carbocycles. The molecule has 0 fully saturated rings. The standard InChI is InChI=1S/C17H17N3O3/c1-18-12(8-7-11-5-4-6-13(21)9-11)10-14-15(18)16(22)20(3)17(23)19(14)2/h4-10,21H,1-3H3/b8-7+. The first kappa shape index (κ1) is 14.9. The summed E-state index contributed by atoms with van der Waals surface area (Å²) in [6.07, 6.45) is 3.69. The Kier molecular flexibility index (Phi) is 3.44. The molecular weight excluding hydrogens is 294 g/mol. The maximum Gasteiger partial charge on any atom is 0.331 e. The molecule has 0 radical (unpaired) electrons. The summed E-state index contributed by atoms with van der Waals surface area (Å²) in [4.78, 5) is 24.3. The Hall–Kier alpha value is -3.02. The lowest BCUT2D eigenvalue weighted by Gasteiger charge is -2.04. The maximum atomic E-state index is 12.3. The highest BCUT2D eigenvalue weighted by Gasteiger charge is 2.13. The van der Waals surface area contributed by atoms with Crippen LogP contribution in [-0.4, -0.2) is 18.8 Å². The number of fused-ring (bicyclic) bond motifs is 1. The van der Waals surface area contributed by atoms with Crippen LogP contribution in [0.15, 0.2) is 39.9 Å². The van der Waals surface area contributed by atoms with Crippen LogP contribution < -0.4 is 11.2 Å². The number of rotatable bonds is 2. The van der Waals surface area contributed by atoms with E-state index in [1.165, 1.54) is 11.6 Å². The van der Waals surface area contributed by atoms with Crippen LogP contribution in [0.4, 0.5) is 0 Å². The lowest BCUT2D eigenvalue weighted by molar-refractivity contribution is 0.475. The number of aryl methyl sites for hydroxylation is 2. The van der Waals surface area contributed by atoms with Gasteiger partial charge in [-0.1, -0.05) is 18.2 Å². The highest BCUT2D eigenvalue weighted by Crippen LogP contribution is 2.18. The van der Waals surface area contributed by atoms with E-state index < -0.39 is 0 Å². The van der Waals surface area contributed by atoms with E-state index in [4.69, 9.17) is 0 Å². The molecule has 3 aromatic rings. The van der Waals surface area contributed by atoms with Crippen molar-refractivity contribution in [3.63, 3.8) is 0 Å². The molecule has 0 amide bonds. The average molecular weight is 311 g/mol. The summed E-state index contributed by atoms with van der Waals surface area (Å²) in [5.41, 5.74) is 2.04. The van der Waals surface area contributed by atoms with Crippen LogP contribution in [0.5, 0.6) is 5.75 Å². The molecular formula is C17H17N3O3. The number of aromatic nitrogens is 3. The number of phenols is 1. The monoisotopic (exact) mass is 311 g/mol. The average Bonchev–Trinajstić information content (AvgIpc) is 2.86. The van der Waals surface area contributed by atoms with E-state index in [0.717, 1.165) is 15.8 Å². The highest BCUT2D eigenvalue weighted by atomic mass is 16.3. The second-order valence-corrected chi connectivity index (χ2v) is 5.50. The van der Waals surface area contributed by atoms with E-state index >= 15 is 0 Å². The van der Waals surface area contributed by atoms with E-state index in [1.807, 2.05) is 18.2 Å². The summed E-state index contributed by atoms with van der Waals surface area (Å²) in [5, 5.41) is 9.49. The molecule has 0 saturated carbocycles. The summed E-state index contributed by atoms with van der Waals surface area (Å²) in [6.45, 7) is 0. The summed E-state index contributed by atoms with van der Waals surface area (Å²) >= 11 is 0. The van der Waals surface area contributed by atoms with E-state index in [9.17, 15) is 14.7 Å². The Balaban J connectivity index is 2.19. The second-order valence-electron chi connectivity index (χ2n) is 5.50. The zero-order chi connectivity index (χ0) is 16.7. The number of benzene rings is 1. The predicted octanol–water partition coefficient (Wildman–Crippen LogP) is 1.45. The molecule has 6 heteroatoms. The van der Waals surface area contributed by atoms with Crippen LogP contribution in [0, 0.1) is 0 Å². The van der Waals surface area contributed by atoms with Gasteiger partial charge in [0.2, 0.25) is 0 Å². The third-order valence-electron chi connectivity index (χ3n) is 4.01. The number of nitrogens with zero attached hydrogens (tertiary/aromatic N) is 3. The molecule has 2 heterocycles. The molecule has 0 unspecified atom stereocenters. The van der Waals surface area contributed by atoms with Gasteiger partial charge in [0.1, 0.15) is 11.3 Å². The van der Waals surface area contributed by atoms with Gasteiger partial charge in [-0.05, 0) is 29.8 Å². The van der Waals surface area contributed by atoms with Gasteiger partial charge in [0.25, 0.3) is 5.56 Å². The van der Waals surface area contributed by atoms with Crippen LogP contribution in [0.3, 0.4) is 0 Å². The summed E-state index contributed by atoms with van der Waals surface area (Å²) in [7, 11) is 4.91. The smallest absolute Gasteiger partial charge is 0.331 e. The third kappa shape index (κ3) is 2.38. The Labute approximate surface area is 132 Å². The third-order valence-corrected chi connectivity index (χ3v) is 4.01. The van der Waals surface area contributed by atoms with E-state index in [2.05, 4.69) is 0 Å². The molecule has 3 rings (SSSR count). The topological polar surface area (TPSA) is 69.2 Å². The molecule has 118 valence electrons. The minimum absolute atomic E-state index is 0.195. The van der Waals surface area contributed by atoms with Crippen LogP contribution in [0.25, 0.3) is 23.2 Å². The molecule has 0 bridgehead atoms. The van der Waals surface area contributed by atoms with Gasteiger partial charge in [-0.2, -0.15) is 0 Å². The fourth-order valence-corrected chi connectivity index (χ4v) is 2.66. The largest absolute Gasteiger partial charge is 0.508 e. The number of aromatic hydroxyl groups is 1. The SMILES string of the molecule is Cn1c(=O)c2c(cc(/C=C/c3cccc(O)c3)n2C)n(C)c1=O. The van der Waals surface area contributed by atoms with Crippen molar-refractivity contribution in [2.45, 2.75) is 0 Å². The van der Waals surface area contributed by atoms with Gasteiger partial charge in [-0.3, -0.25) is 13.9 Å². The molecule has 0 aliphatic heterocycles. The van der Waals surface area contributed by atoms with Crippen molar-refractivity contribution in [3.8, 4) is 5.75 Å². The van der Waals surface area contributed by atoms with Crippen molar-refractivity contribution in [1.82, 2.24) is 13.7 Å². The van der Waals surface area contributed by atoms with Crippen LogP contribution in [0.1, 0.15) is 11.3 Å². The Morgan fingerprint density at radius 3 is 2.39 bits per heavy atom. The number of hydrogen-bond acceptors (Lipinski definition) is 3. The first-order valence-corrected chi connectivity index (χ1v) is 7.12. The summed E-state index contributed by atoms with van der Waals surface area (Å²) < 4.78 is 4.32. The van der Waals surface area contributed by atoms with Crippen molar-refractivity contribution >= 4 is 23.2 Å². The van der Waals surface area contributed by atoms with Gasteiger partial charge in [0.15, 0.2) is 0 Å².